The monoisotopic (exact) mass is 299 g/mol. The number of aryl methyl sites for hydroxylation is 1. The first-order valence-electron chi connectivity index (χ1n) is 6.16. The zero-order chi connectivity index (χ0) is 14.9. The van der Waals surface area contributed by atoms with Crippen molar-refractivity contribution in [2.24, 2.45) is 0 Å². The van der Waals surface area contributed by atoms with Gasteiger partial charge in [0.2, 0.25) is 0 Å². The number of ether oxygens (including phenoxy) is 1. The van der Waals surface area contributed by atoms with Gasteiger partial charge in [0.15, 0.2) is 9.84 Å². The van der Waals surface area contributed by atoms with E-state index < -0.39 is 27.9 Å². The lowest BCUT2D eigenvalue weighted by Crippen LogP contribution is -2.51. The van der Waals surface area contributed by atoms with Crippen LogP contribution in [-0.4, -0.2) is 44.2 Å². The van der Waals surface area contributed by atoms with E-state index in [1.165, 1.54) is 7.11 Å². The minimum absolute atomic E-state index is 0.128. The Bertz CT molecular complexity index is 626. The lowest BCUT2D eigenvalue weighted by Gasteiger charge is -2.29. The molecule has 20 heavy (non-hydrogen) atoms. The fourth-order valence-electron chi connectivity index (χ4n) is 2.36. The van der Waals surface area contributed by atoms with Crippen molar-refractivity contribution in [1.29, 1.82) is 0 Å². The van der Waals surface area contributed by atoms with Crippen LogP contribution in [0.2, 0.25) is 0 Å². The number of benzene rings is 1. The Kier molecular flexibility index (Phi) is 4.01. The number of carboxylic acid groups (broad SMARTS) is 1. The summed E-state index contributed by atoms with van der Waals surface area (Å²) in [5, 5.41) is 11.9. The Morgan fingerprint density at radius 2 is 2.10 bits per heavy atom. The summed E-state index contributed by atoms with van der Waals surface area (Å²) in [6.07, 6.45) is 0. The molecular weight excluding hydrogens is 282 g/mol. The molecule has 0 saturated carbocycles. The molecule has 1 heterocycles. The van der Waals surface area contributed by atoms with Gasteiger partial charge in [0, 0.05) is 5.56 Å². The minimum Gasteiger partial charge on any atom is -0.496 e. The molecule has 0 spiro atoms. The van der Waals surface area contributed by atoms with Gasteiger partial charge >= 0.3 is 5.97 Å². The van der Waals surface area contributed by atoms with E-state index in [1.807, 2.05) is 19.1 Å². The summed E-state index contributed by atoms with van der Waals surface area (Å²) in [6, 6.07) is 3.75. The molecule has 0 radical (unpaired) electrons. The van der Waals surface area contributed by atoms with E-state index in [9.17, 15) is 13.2 Å². The maximum atomic E-state index is 11.9. The fourth-order valence-corrected chi connectivity index (χ4v) is 4.03. The minimum atomic E-state index is -3.41. The predicted molar refractivity (Wildman–Crippen MR) is 73.7 cm³/mol. The van der Waals surface area contributed by atoms with Crippen molar-refractivity contribution in [2.75, 3.05) is 18.6 Å². The Morgan fingerprint density at radius 3 is 2.70 bits per heavy atom. The first kappa shape index (κ1) is 14.8. The summed E-state index contributed by atoms with van der Waals surface area (Å²) in [4.78, 5) is 11.1. The molecule has 0 amide bonds. The van der Waals surface area contributed by atoms with Crippen LogP contribution in [0.5, 0.6) is 5.75 Å². The topological polar surface area (TPSA) is 92.7 Å². The van der Waals surface area contributed by atoms with Gasteiger partial charge in [-0.1, -0.05) is 17.7 Å². The molecule has 0 aliphatic carbocycles. The number of rotatable bonds is 3. The second-order valence-electron chi connectivity index (χ2n) is 4.93. The van der Waals surface area contributed by atoms with Gasteiger partial charge in [-0.25, -0.2) is 8.42 Å². The molecule has 1 aliphatic rings. The molecule has 1 saturated heterocycles. The normalized spacial score (nSPS) is 25.1. The van der Waals surface area contributed by atoms with Gasteiger partial charge in [-0.05, 0) is 13.0 Å². The molecule has 1 aromatic carbocycles. The molecule has 2 atom stereocenters. The highest BCUT2D eigenvalue weighted by molar-refractivity contribution is 7.91. The van der Waals surface area contributed by atoms with Crippen LogP contribution in [0.4, 0.5) is 0 Å². The van der Waals surface area contributed by atoms with Crippen LogP contribution < -0.4 is 10.1 Å². The van der Waals surface area contributed by atoms with Crippen molar-refractivity contribution in [3.63, 3.8) is 0 Å². The molecule has 2 rings (SSSR count). The van der Waals surface area contributed by atoms with Crippen LogP contribution in [0.1, 0.15) is 17.2 Å². The van der Waals surface area contributed by atoms with Gasteiger partial charge in [0.05, 0.1) is 24.7 Å². The highest BCUT2D eigenvalue weighted by atomic mass is 32.2. The molecule has 2 N–H and O–H groups in total. The molecule has 110 valence electrons. The number of carboxylic acids is 1. The van der Waals surface area contributed by atoms with E-state index in [2.05, 4.69) is 5.32 Å². The van der Waals surface area contributed by atoms with Gasteiger partial charge in [0.25, 0.3) is 0 Å². The number of nitrogens with one attached hydrogen (secondary N) is 1. The summed E-state index contributed by atoms with van der Waals surface area (Å²) in [7, 11) is -1.91. The van der Waals surface area contributed by atoms with Gasteiger partial charge in [-0.15, -0.1) is 0 Å². The largest absolute Gasteiger partial charge is 0.496 e. The van der Waals surface area contributed by atoms with E-state index in [-0.39, 0.29) is 11.5 Å². The second-order valence-corrected chi connectivity index (χ2v) is 7.09. The van der Waals surface area contributed by atoms with E-state index in [4.69, 9.17) is 9.84 Å². The second kappa shape index (κ2) is 5.41. The SMILES string of the molecule is COc1ccc(C)cc1C1CS(=O)(=O)CC(C(=O)O)N1. The van der Waals surface area contributed by atoms with E-state index in [0.29, 0.717) is 11.3 Å². The first-order chi connectivity index (χ1) is 9.32. The third-order valence-corrected chi connectivity index (χ3v) is 4.98. The van der Waals surface area contributed by atoms with Gasteiger partial charge in [0.1, 0.15) is 11.8 Å². The van der Waals surface area contributed by atoms with Crippen LogP contribution in [0.15, 0.2) is 18.2 Å². The number of carbonyl (C=O) groups is 1. The van der Waals surface area contributed by atoms with Crippen LogP contribution >= 0.6 is 0 Å². The highest BCUT2D eigenvalue weighted by Gasteiger charge is 2.36. The van der Waals surface area contributed by atoms with E-state index >= 15 is 0 Å². The molecule has 0 aromatic heterocycles. The molecule has 1 aromatic rings. The molecule has 2 unspecified atom stereocenters. The van der Waals surface area contributed by atoms with E-state index in [1.54, 1.807) is 6.07 Å². The maximum Gasteiger partial charge on any atom is 0.321 e. The number of methoxy groups -OCH3 is 1. The third-order valence-electron chi connectivity index (χ3n) is 3.30. The molecule has 1 aliphatic heterocycles. The average Bonchev–Trinajstić information content (AvgIpc) is 2.36. The lowest BCUT2D eigenvalue weighted by atomic mass is 10.0. The summed E-state index contributed by atoms with van der Waals surface area (Å²) in [6.45, 7) is 1.88. The smallest absolute Gasteiger partial charge is 0.321 e. The molecule has 0 bridgehead atoms. The summed E-state index contributed by atoms with van der Waals surface area (Å²) in [5.41, 5.74) is 1.62. The van der Waals surface area contributed by atoms with Crippen molar-refractivity contribution in [3.8, 4) is 5.75 Å². The predicted octanol–water partition coefficient (Wildman–Crippen LogP) is 0.516. The van der Waals surface area contributed by atoms with Crippen molar-refractivity contribution in [3.05, 3.63) is 29.3 Å². The molecule has 7 heteroatoms. The van der Waals surface area contributed by atoms with Crippen molar-refractivity contribution in [1.82, 2.24) is 5.32 Å². The Morgan fingerprint density at radius 1 is 1.40 bits per heavy atom. The third kappa shape index (κ3) is 3.10. The summed E-state index contributed by atoms with van der Waals surface area (Å²) in [5.74, 6) is -1.12. The molecule has 6 nitrogen and oxygen atoms in total. The quantitative estimate of drug-likeness (QED) is 0.845. The Balaban J connectivity index is 2.41. The lowest BCUT2D eigenvalue weighted by molar-refractivity contribution is -0.139. The van der Waals surface area contributed by atoms with Gasteiger partial charge < -0.3 is 9.84 Å². The van der Waals surface area contributed by atoms with Crippen LogP contribution in [0, 0.1) is 6.92 Å². The van der Waals surface area contributed by atoms with Gasteiger partial charge in [-0.2, -0.15) is 0 Å². The highest BCUT2D eigenvalue weighted by Crippen LogP contribution is 2.30. The van der Waals surface area contributed by atoms with E-state index in [0.717, 1.165) is 5.56 Å². The van der Waals surface area contributed by atoms with Crippen molar-refractivity contribution >= 4 is 15.8 Å². The average molecular weight is 299 g/mol. The standard InChI is InChI=1S/C13H17NO5S/c1-8-3-4-12(19-2)9(5-8)10-6-20(17,18)7-11(14-10)13(15)16/h3-5,10-11,14H,6-7H2,1-2H3,(H,15,16). The number of aliphatic carboxylic acids is 1. The number of hydrogen-bond donors (Lipinski definition) is 2. The van der Waals surface area contributed by atoms with Crippen LogP contribution in [0.3, 0.4) is 0 Å². The van der Waals surface area contributed by atoms with Gasteiger partial charge in [-0.3, -0.25) is 10.1 Å². The summed E-state index contributed by atoms with van der Waals surface area (Å²) >= 11 is 0. The zero-order valence-electron chi connectivity index (χ0n) is 11.3. The number of sulfone groups is 1. The Hall–Kier alpha value is -1.60. The fraction of sp³-hybridized carbons (Fsp3) is 0.462. The first-order valence-corrected chi connectivity index (χ1v) is 7.98. The summed E-state index contributed by atoms with van der Waals surface area (Å²) < 4.78 is 29.0. The molecule has 1 fully saturated rings. The zero-order valence-corrected chi connectivity index (χ0v) is 12.1. The Labute approximate surface area is 117 Å². The number of hydrogen-bond acceptors (Lipinski definition) is 5. The van der Waals surface area contributed by atoms with Crippen molar-refractivity contribution < 1.29 is 23.1 Å². The molecular formula is C13H17NO5S. The van der Waals surface area contributed by atoms with Crippen LogP contribution in [-0.2, 0) is 14.6 Å². The van der Waals surface area contributed by atoms with Crippen LogP contribution in [0.25, 0.3) is 0 Å². The maximum absolute atomic E-state index is 11.9. The van der Waals surface area contributed by atoms with Crippen molar-refractivity contribution in [2.45, 2.75) is 19.0 Å².